The van der Waals surface area contributed by atoms with Gasteiger partial charge >= 0.3 is 29.6 Å². The molecule has 0 aliphatic rings. The summed E-state index contributed by atoms with van der Waals surface area (Å²) in [5, 5.41) is 10.8. The SMILES string of the molecule is O=S(=O)(O)c1cccc(S(=O)(=O)Nc2cccc3c(O)cccc23)c1.[H-].[Na+]. The summed E-state index contributed by atoms with van der Waals surface area (Å²) in [6.07, 6.45) is 0. The van der Waals surface area contributed by atoms with Crippen LogP contribution in [0.1, 0.15) is 1.43 Å². The first-order valence-electron chi connectivity index (χ1n) is 6.99. The molecular weight excluding hydrogens is 389 g/mol. The van der Waals surface area contributed by atoms with E-state index in [1.165, 1.54) is 24.3 Å². The van der Waals surface area contributed by atoms with Crippen molar-refractivity contribution >= 4 is 36.6 Å². The Morgan fingerprint density at radius 1 is 0.808 bits per heavy atom. The number of aromatic hydroxyl groups is 1. The van der Waals surface area contributed by atoms with Crippen molar-refractivity contribution < 1.29 is 57.5 Å². The Bertz CT molecular complexity index is 1180. The van der Waals surface area contributed by atoms with E-state index in [2.05, 4.69) is 4.72 Å². The summed E-state index contributed by atoms with van der Waals surface area (Å²) >= 11 is 0. The number of rotatable bonds is 4. The van der Waals surface area contributed by atoms with Crippen LogP contribution in [0.3, 0.4) is 0 Å². The fraction of sp³-hybridized carbons (Fsp3) is 0. The van der Waals surface area contributed by atoms with Crippen molar-refractivity contribution in [2.75, 3.05) is 4.72 Å². The van der Waals surface area contributed by atoms with Gasteiger partial charge in [-0.25, -0.2) is 8.42 Å². The van der Waals surface area contributed by atoms with Crippen LogP contribution in [-0.2, 0) is 20.1 Å². The minimum atomic E-state index is -4.52. The third kappa shape index (κ3) is 4.20. The van der Waals surface area contributed by atoms with Crippen molar-refractivity contribution in [3.05, 3.63) is 60.7 Å². The number of anilines is 1. The topological polar surface area (TPSA) is 121 Å². The average Bonchev–Trinajstić information content (AvgIpc) is 2.55. The van der Waals surface area contributed by atoms with Crippen molar-refractivity contribution in [1.82, 2.24) is 0 Å². The molecule has 0 fully saturated rings. The minimum absolute atomic E-state index is 0. The molecule has 0 spiro atoms. The van der Waals surface area contributed by atoms with Crippen molar-refractivity contribution in [1.29, 1.82) is 0 Å². The van der Waals surface area contributed by atoms with E-state index in [0.29, 0.717) is 10.8 Å². The Morgan fingerprint density at radius 2 is 1.38 bits per heavy atom. The van der Waals surface area contributed by atoms with Crippen molar-refractivity contribution in [2.24, 2.45) is 0 Å². The smallest absolute Gasteiger partial charge is 1.00 e. The number of phenols is 1. The van der Waals surface area contributed by atoms with E-state index < -0.39 is 25.0 Å². The molecule has 3 aromatic rings. The first kappa shape index (κ1) is 20.7. The molecule has 0 bridgehead atoms. The second-order valence-corrected chi connectivity index (χ2v) is 8.34. The molecular formula is C16H14NNaO6S2. The predicted octanol–water partition coefficient (Wildman–Crippen LogP) is -0.291. The van der Waals surface area contributed by atoms with Gasteiger partial charge in [-0.15, -0.1) is 0 Å². The van der Waals surface area contributed by atoms with Crippen LogP contribution >= 0.6 is 0 Å². The van der Waals surface area contributed by atoms with Gasteiger partial charge in [-0.2, -0.15) is 8.42 Å². The standard InChI is InChI=1S/C16H13NO6S2.Na.H/c18-16-9-3-6-13-14(16)7-2-8-15(13)17-24(19,20)11-4-1-5-12(10-11)25(21,22)23;;/h1-10,17-18H,(H,21,22,23);;/q;+1;-1. The number of hydrogen-bond acceptors (Lipinski definition) is 5. The fourth-order valence-corrected chi connectivity index (χ4v) is 4.11. The molecule has 3 aromatic carbocycles. The molecule has 0 unspecified atom stereocenters. The molecule has 0 saturated carbocycles. The summed E-state index contributed by atoms with van der Waals surface area (Å²) in [6, 6.07) is 13.8. The molecule has 7 nitrogen and oxygen atoms in total. The van der Waals surface area contributed by atoms with E-state index in [0.717, 1.165) is 12.1 Å². The number of nitrogens with one attached hydrogen (secondary N) is 1. The van der Waals surface area contributed by atoms with Crippen molar-refractivity contribution in [3.8, 4) is 5.75 Å². The third-order valence-electron chi connectivity index (χ3n) is 3.56. The van der Waals surface area contributed by atoms with Gasteiger partial charge in [0.15, 0.2) is 0 Å². The van der Waals surface area contributed by atoms with Crippen LogP contribution in [-0.4, -0.2) is 26.5 Å². The molecule has 0 radical (unpaired) electrons. The number of hydrogen-bond donors (Lipinski definition) is 3. The average molecular weight is 403 g/mol. The number of phenolic OH excluding ortho intramolecular Hbond substituents is 1. The summed E-state index contributed by atoms with van der Waals surface area (Å²) < 4.78 is 58.9. The molecule has 3 N–H and O–H groups in total. The quantitative estimate of drug-likeness (QED) is 0.407. The molecule has 0 amide bonds. The Hall–Kier alpha value is -1.62. The number of benzene rings is 3. The van der Waals surface area contributed by atoms with Crippen molar-refractivity contribution in [3.63, 3.8) is 0 Å². The normalized spacial score (nSPS) is 11.7. The molecule has 10 heteroatoms. The van der Waals surface area contributed by atoms with Crippen LogP contribution in [0.4, 0.5) is 5.69 Å². The third-order valence-corrected chi connectivity index (χ3v) is 5.77. The van der Waals surface area contributed by atoms with E-state index in [4.69, 9.17) is 4.55 Å². The van der Waals surface area contributed by atoms with Gasteiger partial charge in [0.2, 0.25) is 0 Å². The maximum Gasteiger partial charge on any atom is 1.00 e. The van der Waals surface area contributed by atoms with Gasteiger partial charge in [0.1, 0.15) is 5.75 Å². The summed E-state index contributed by atoms with van der Waals surface area (Å²) in [4.78, 5) is -0.842. The first-order valence-corrected chi connectivity index (χ1v) is 9.92. The Balaban J connectivity index is 0.00000182. The zero-order chi connectivity index (χ0) is 18.2. The van der Waals surface area contributed by atoms with Gasteiger partial charge in [-0.3, -0.25) is 9.27 Å². The molecule has 0 aliphatic carbocycles. The van der Waals surface area contributed by atoms with Crippen LogP contribution in [0.15, 0.2) is 70.5 Å². The summed E-state index contributed by atoms with van der Waals surface area (Å²) in [6.45, 7) is 0. The summed E-state index contributed by atoms with van der Waals surface area (Å²) in [5.41, 5.74) is 0.227. The largest absolute Gasteiger partial charge is 1.00 e. The monoisotopic (exact) mass is 403 g/mol. The Kier molecular flexibility index (Phi) is 6.01. The maximum atomic E-state index is 12.6. The molecule has 0 aromatic heterocycles. The molecule has 132 valence electrons. The molecule has 0 saturated heterocycles. The van der Waals surface area contributed by atoms with Crippen LogP contribution in [0.25, 0.3) is 10.8 Å². The maximum absolute atomic E-state index is 12.6. The number of fused-ring (bicyclic) bond motifs is 1. The molecule has 0 heterocycles. The van der Waals surface area contributed by atoms with Gasteiger partial charge in [-0.1, -0.05) is 30.3 Å². The zero-order valence-electron chi connectivity index (χ0n) is 14.6. The zero-order valence-corrected chi connectivity index (χ0v) is 17.3. The predicted molar refractivity (Wildman–Crippen MR) is 93.8 cm³/mol. The number of sulfonamides is 1. The van der Waals surface area contributed by atoms with Gasteiger partial charge < -0.3 is 6.53 Å². The fourth-order valence-electron chi connectivity index (χ4n) is 2.39. The second-order valence-electron chi connectivity index (χ2n) is 5.23. The van der Waals surface area contributed by atoms with E-state index in [-0.39, 0.29) is 47.3 Å². The molecule has 0 atom stereocenters. The van der Waals surface area contributed by atoms with E-state index >= 15 is 0 Å². The summed E-state index contributed by atoms with van der Waals surface area (Å²) in [5.74, 6) is 0.00641. The van der Waals surface area contributed by atoms with E-state index in [9.17, 15) is 21.9 Å². The van der Waals surface area contributed by atoms with Crippen LogP contribution in [0, 0.1) is 0 Å². The first-order chi connectivity index (χ1) is 11.7. The van der Waals surface area contributed by atoms with Gasteiger partial charge in [0.05, 0.1) is 15.5 Å². The van der Waals surface area contributed by atoms with Crippen molar-refractivity contribution in [2.45, 2.75) is 9.79 Å². The second kappa shape index (κ2) is 7.55. The van der Waals surface area contributed by atoms with Crippen LogP contribution in [0.2, 0.25) is 0 Å². The summed E-state index contributed by atoms with van der Waals surface area (Å²) in [7, 11) is -8.63. The van der Waals surface area contributed by atoms with Gasteiger partial charge in [0, 0.05) is 10.8 Å². The minimum Gasteiger partial charge on any atom is -1.00 e. The molecule has 3 rings (SSSR count). The van der Waals surface area contributed by atoms with Gasteiger partial charge in [-0.05, 0) is 30.3 Å². The Morgan fingerprint density at radius 3 is 2.08 bits per heavy atom. The van der Waals surface area contributed by atoms with Gasteiger partial charge in [0.25, 0.3) is 20.1 Å². The molecule has 0 aliphatic heterocycles. The Labute approximate surface area is 174 Å². The molecule has 26 heavy (non-hydrogen) atoms. The van der Waals surface area contributed by atoms with Crippen LogP contribution in [0.5, 0.6) is 5.75 Å². The van der Waals surface area contributed by atoms with E-state index in [1.54, 1.807) is 24.3 Å². The van der Waals surface area contributed by atoms with E-state index in [1.807, 2.05) is 0 Å². The van der Waals surface area contributed by atoms with Crippen LogP contribution < -0.4 is 34.3 Å².